The molecule has 134 valence electrons. The van der Waals surface area contributed by atoms with Crippen molar-refractivity contribution in [1.82, 2.24) is 14.8 Å². The number of piperidine rings is 1. The highest BCUT2D eigenvalue weighted by atomic mass is 16.5. The van der Waals surface area contributed by atoms with Crippen LogP contribution in [0.1, 0.15) is 37.0 Å². The van der Waals surface area contributed by atoms with E-state index in [1.165, 1.54) is 0 Å². The molecule has 0 aliphatic carbocycles. The number of benzene rings is 1. The van der Waals surface area contributed by atoms with E-state index in [9.17, 15) is 4.79 Å². The summed E-state index contributed by atoms with van der Waals surface area (Å²) in [6, 6.07) is 8.50. The molecular formula is C20H27N3O2. The molecule has 2 aromatic rings. The van der Waals surface area contributed by atoms with Crippen molar-refractivity contribution in [3.63, 3.8) is 0 Å². The summed E-state index contributed by atoms with van der Waals surface area (Å²) in [6.45, 7) is 8.00. The van der Waals surface area contributed by atoms with Gasteiger partial charge in [-0.3, -0.25) is 9.69 Å². The molecule has 2 saturated heterocycles. The zero-order chi connectivity index (χ0) is 17.4. The second kappa shape index (κ2) is 6.81. The van der Waals surface area contributed by atoms with Crippen LogP contribution >= 0.6 is 0 Å². The van der Waals surface area contributed by atoms with Crippen molar-refractivity contribution in [1.29, 1.82) is 0 Å². The lowest BCUT2D eigenvalue weighted by atomic mass is 10.00. The molecule has 1 N–H and O–H groups in total. The lowest BCUT2D eigenvalue weighted by molar-refractivity contribution is -0.0856. The predicted octanol–water partition coefficient (Wildman–Crippen LogP) is 2.88. The molecule has 0 bridgehead atoms. The van der Waals surface area contributed by atoms with Gasteiger partial charge in [-0.1, -0.05) is 0 Å². The molecule has 3 heterocycles. The summed E-state index contributed by atoms with van der Waals surface area (Å²) in [6.07, 6.45) is 4.62. The van der Waals surface area contributed by atoms with Crippen molar-refractivity contribution in [2.75, 3.05) is 26.2 Å². The van der Waals surface area contributed by atoms with Gasteiger partial charge < -0.3 is 14.6 Å². The van der Waals surface area contributed by atoms with Crippen molar-refractivity contribution < 1.29 is 9.53 Å². The van der Waals surface area contributed by atoms with Gasteiger partial charge >= 0.3 is 0 Å². The molecule has 0 spiro atoms. The summed E-state index contributed by atoms with van der Waals surface area (Å²) in [5.41, 5.74) is 1.87. The van der Waals surface area contributed by atoms with Gasteiger partial charge in [0, 0.05) is 54.9 Å². The van der Waals surface area contributed by atoms with E-state index >= 15 is 0 Å². The van der Waals surface area contributed by atoms with Gasteiger partial charge in [0.05, 0.1) is 12.2 Å². The number of aromatic amines is 1. The Morgan fingerprint density at radius 1 is 1.12 bits per heavy atom. The number of aromatic nitrogens is 1. The standard InChI is InChI=1S/C20H27N3O2/c1-14-12-23(13-15(2)25-14)18-6-9-22(10-7-18)20(24)17-3-4-19-16(11-17)5-8-21-19/h3-5,8,11,14-15,18,21H,6-7,9-10,12-13H2,1-2H3/t14-,15+. The maximum absolute atomic E-state index is 12.8. The van der Waals surface area contributed by atoms with E-state index in [1.54, 1.807) is 0 Å². The number of morpholine rings is 1. The van der Waals surface area contributed by atoms with Gasteiger partial charge in [0.25, 0.3) is 5.91 Å². The molecule has 25 heavy (non-hydrogen) atoms. The van der Waals surface area contributed by atoms with E-state index in [0.29, 0.717) is 18.2 Å². The second-order valence-corrected chi connectivity index (χ2v) is 7.51. The summed E-state index contributed by atoms with van der Waals surface area (Å²) in [5.74, 6) is 0.158. The summed E-state index contributed by atoms with van der Waals surface area (Å²) in [7, 11) is 0. The Bertz CT molecular complexity index is 738. The van der Waals surface area contributed by atoms with E-state index < -0.39 is 0 Å². The number of hydrogen-bond acceptors (Lipinski definition) is 3. The largest absolute Gasteiger partial charge is 0.373 e. The number of amides is 1. The van der Waals surface area contributed by atoms with Gasteiger partial charge in [-0.15, -0.1) is 0 Å². The minimum Gasteiger partial charge on any atom is -0.373 e. The van der Waals surface area contributed by atoms with E-state index in [0.717, 1.165) is 55.5 Å². The van der Waals surface area contributed by atoms with Crippen molar-refractivity contribution in [3.8, 4) is 0 Å². The van der Waals surface area contributed by atoms with Crippen molar-refractivity contribution in [3.05, 3.63) is 36.0 Å². The Hall–Kier alpha value is -1.85. The first-order valence-electron chi connectivity index (χ1n) is 9.36. The van der Waals surface area contributed by atoms with Gasteiger partial charge in [-0.25, -0.2) is 0 Å². The van der Waals surface area contributed by atoms with E-state index in [4.69, 9.17) is 4.74 Å². The highest BCUT2D eigenvalue weighted by Crippen LogP contribution is 2.23. The smallest absolute Gasteiger partial charge is 0.253 e. The molecule has 2 fully saturated rings. The third kappa shape index (κ3) is 3.44. The van der Waals surface area contributed by atoms with Crippen LogP contribution in [-0.2, 0) is 4.74 Å². The van der Waals surface area contributed by atoms with Crippen LogP contribution in [0.4, 0.5) is 0 Å². The fourth-order valence-corrected chi connectivity index (χ4v) is 4.32. The molecular weight excluding hydrogens is 314 g/mol. The van der Waals surface area contributed by atoms with Gasteiger partial charge in [0.2, 0.25) is 0 Å². The van der Waals surface area contributed by atoms with E-state index in [2.05, 4.69) is 23.7 Å². The molecule has 0 saturated carbocycles. The van der Waals surface area contributed by atoms with Crippen LogP contribution in [0.25, 0.3) is 10.9 Å². The molecule has 2 aliphatic rings. The fraction of sp³-hybridized carbons (Fsp3) is 0.550. The maximum Gasteiger partial charge on any atom is 0.253 e. The van der Waals surface area contributed by atoms with Crippen LogP contribution in [-0.4, -0.2) is 65.1 Å². The number of hydrogen-bond donors (Lipinski definition) is 1. The SMILES string of the molecule is C[C@@H]1CN(C2CCN(C(=O)c3ccc4[nH]ccc4c3)CC2)C[C@H](C)O1. The van der Waals surface area contributed by atoms with Gasteiger partial charge in [-0.2, -0.15) is 0 Å². The third-order valence-electron chi connectivity index (χ3n) is 5.52. The first kappa shape index (κ1) is 16.6. The zero-order valence-electron chi connectivity index (χ0n) is 15.1. The molecule has 5 heteroatoms. The highest BCUT2D eigenvalue weighted by Gasteiger charge is 2.31. The molecule has 0 radical (unpaired) electrons. The van der Waals surface area contributed by atoms with E-state index in [-0.39, 0.29) is 5.91 Å². The maximum atomic E-state index is 12.8. The zero-order valence-corrected chi connectivity index (χ0v) is 15.1. The van der Waals surface area contributed by atoms with Crippen LogP contribution in [0, 0.1) is 0 Å². The number of fused-ring (bicyclic) bond motifs is 1. The number of nitrogens with zero attached hydrogens (tertiary/aromatic N) is 2. The summed E-state index contributed by atoms with van der Waals surface area (Å²) < 4.78 is 5.84. The van der Waals surface area contributed by atoms with Gasteiger partial charge in [0.15, 0.2) is 0 Å². The second-order valence-electron chi connectivity index (χ2n) is 7.51. The minimum atomic E-state index is 0.158. The Balaban J connectivity index is 1.38. The lowest BCUT2D eigenvalue weighted by Gasteiger charge is -2.43. The summed E-state index contributed by atoms with van der Waals surface area (Å²) in [5, 5.41) is 1.09. The Kier molecular flexibility index (Phi) is 4.52. The first-order valence-corrected chi connectivity index (χ1v) is 9.36. The van der Waals surface area contributed by atoms with E-state index in [1.807, 2.05) is 35.4 Å². The average Bonchev–Trinajstić information content (AvgIpc) is 3.08. The molecule has 1 aromatic heterocycles. The van der Waals surface area contributed by atoms with Crippen LogP contribution in [0.5, 0.6) is 0 Å². The predicted molar refractivity (Wildman–Crippen MR) is 98.8 cm³/mol. The number of H-pyrrole nitrogens is 1. The lowest BCUT2D eigenvalue weighted by Crippen LogP contribution is -2.53. The molecule has 0 unspecified atom stereocenters. The molecule has 2 aliphatic heterocycles. The Labute approximate surface area is 148 Å². The summed E-state index contributed by atoms with van der Waals surface area (Å²) in [4.78, 5) is 20.6. The Morgan fingerprint density at radius 3 is 2.56 bits per heavy atom. The van der Waals surface area contributed by atoms with Crippen LogP contribution in [0.2, 0.25) is 0 Å². The fourth-order valence-electron chi connectivity index (χ4n) is 4.32. The van der Waals surface area contributed by atoms with Crippen molar-refractivity contribution >= 4 is 16.8 Å². The highest BCUT2D eigenvalue weighted by molar-refractivity contribution is 5.98. The minimum absolute atomic E-state index is 0.158. The number of rotatable bonds is 2. The Morgan fingerprint density at radius 2 is 1.84 bits per heavy atom. The molecule has 2 atom stereocenters. The first-order chi connectivity index (χ1) is 12.1. The quantitative estimate of drug-likeness (QED) is 0.914. The summed E-state index contributed by atoms with van der Waals surface area (Å²) >= 11 is 0. The number of nitrogens with one attached hydrogen (secondary N) is 1. The molecule has 1 amide bonds. The number of likely N-dealkylation sites (tertiary alicyclic amines) is 1. The molecule has 4 rings (SSSR count). The van der Waals surface area contributed by atoms with Crippen molar-refractivity contribution in [2.24, 2.45) is 0 Å². The molecule has 1 aromatic carbocycles. The normalized spacial score (nSPS) is 26.2. The third-order valence-corrected chi connectivity index (χ3v) is 5.52. The van der Waals surface area contributed by atoms with Gasteiger partial charge in [-0.05, 0) is 51.0 Å². The van der Waals surface area contributed by atoms with Crippen LogP contribution < -0.4 is 0 Å². The van der Waals surface area contributed by atoms with Crippen LogP contribution in [0.15, 0.2) is 30.5 Å². The number of carbonyl (C=O) groups is 1. The number of carbonyl (C=O) groups excluding carboxylic acids is 1. The van der Waals surface area contributed by atoms with Gasteiger partial charge in [0.1, 0.15) is 0 Å². The average molecular weight is 341 g/mol. The topological polar surface area (TPSA) is 48.6 Å². The van der Waals surface area contributed by atoms with Crippen LogP contribution in [0.3, 0.4) is 0 Å². The number of ether oxygens (including phenoxy) is 1. The van der Waals surface area contributed by atoms with Crippen molar-refractivity contribution in [2.45, 2.75) is 44.9 Å². The molecule has 5 nitrogen and oxygen atoms in total. The monoisotopic (exact) mass is 341 g/mol.